The number of halogens is 1. The standard InChI is InChI=1S/C16H23BrN2OS/c1-11-7-14(12(2)6-13(11)17)21-8-15(20)19-5-4-16(3,9-18)10-19/h6-7H,4-5,8-10,18H2,1-3H3. The van der Waals surface area contributed by atoms with Crippen LogP contribution >= 0.6 is 27.7 Å². The maximum Gasteiger partial charge on any atom is 0.232 e. The van der Waals surface area contributed by atoms with Gasteiger partial charge in [-0.1, -0.05) is 22.9 Å². The average molecular weight is 371 g/mol. The molecule has 3 nitrogen and oxygen atoms in total. The number of rotatable bonds is 4. The molecule has 1 aromatic carbocycles. The van der Waals surface area contributed by atoms with Crippen molar-refractivity contribution in [3.05, 3.63) is 27.7 Å². The van der Waals surface area contributed by atoms with E-state index in [4.69, 9.17) is 5.73 Å². The first-order valence-corrected chi connectivity index (χ1v) is 9.00. The number of likely N-dealkylation sites (tertiary alicyclic amines) is 1. The minimum atomic E-state index is 0.102. The van der Waals surface area contributed by atoms with Crippen LogP contribution in [-0.2, 0) is 4.79 Å². The van der Waals surface area contributed by atoms with Crippen LogP contribution in [0.25, 0.3) is 0 Å². The molecule has 1 atom stereocenters. The van der Waals surface area contributed by atoms with Crippen LogP contribution in [-0.4, -0.2) is 36.2 Å². The topological polar surface area (TPSA) is 46.3 Å². The highest BCUT2D eigenvalue weighted by molar-refractivity contribution is 9.10. The lowest BCUT2D eigenvalue weighted by molar-refractivity contribution is -0.127. The van der Waals surface area contributed by atoms with Gasteiger partial charge in [-0.25, -0.2) is 0 Å². The summed E-state index contributed by atoms with van der Waals surface area (Å²) in [5, 5.41) is 0. The zero-order valence-electron chi connectivity index (χ0n) is 12.9. The Morgan fingerprint density at radius 1 is 1.43 bits per heavy atom. The molecule has 0 radical (unpaired) electrons. The fourth-order valence-electron chi connectivity index (χ4n) is 2.54. The quantitative estimate of drug-likeness (QED) is 0.826. The zero-order chi connectivity index (χ0) is 15.6. The molecule has 0 saturated carbocycles. The van der Waals surface area contributed by atoms with Gasteiger partial charge >= 0.3 is 0 Å². The van der Waals surface area contributed by atoms with Gasteiger partial charge in [0.2, 0.25) is 5.91 Å². The van der Waals surface area contributed by atoms with E-state index in [1.807, 2.05) is 4.90 Å². The summed E-state index contributed by atoms with van der Waals surface area (Å²) < 4.78 is 1.12. The third-order valence-corrected chi connectivity index (χ3v) is 6.21. The maximum atomic E-state index is 12.3. The SMILES string of the molecule is Cc1cc(SCC(=O)N2CCC(C)(CN)C2)c(C)cc1Br. The predicted molar refractivity (Wildman–Crippen MR) is 92.7 cm³/mol. The number of aryl methyl sites for hydroxylation is 2. The Kier molecular flexibility index (Phi) is 5.38. The summed E-state index contributed by atoms with van der Waals surface area (Å²) >= 11 is 5.17. The second-order valence-electron chi connectivity index (χ2n) is 6.24. The Bertz CT molecular complexity index is 549. The molecule has 1 aromatic rings. The van der Waals surface area contributed by atoms with Crippen LogP contribution in [0.3, 0.4) is 0 Å². The summed E-state index contributed by atoms with van der Waals surface area (Å²) in [6.45, 7) is 8.60. The minimum Gasteiger partial charge on any atom is -0.341 e. The third-order valence-electron chi connectivity index (χ3n) is 4.21. The van der Waals surface area contributed by atoms with Gasteiger partial charge in [0.05, 0.1) is 5.75 Å². The van der Waals surface area contributed by atoms with Gasteiger partial charge in [-0.15, -0.1) is 11.8 Å². The smallest absolute Gasteiger partial charge is 0.232 e. The van der Waals surface area contributed by atoms with E-state index in [1.54, 1.807) is 11.8 Å². The zero-order valence-corrected chi connectivity index (χ0v) is 15.3. The second-order valence-corrected chi connectivity index (χ2v) is 8.11. The summed E-state index contributed by atoms with van der Waals surface area (Å²) in [6.07, 6.45) is 1.01. The summed E-state index contributed by atoms with van der Waals surface area (Å²) in [4.78, 5) is 15.5. The minimum absolute atomic E-state index is 0.102. The van der Waals surface area contributed by atoms with Gasteiger partial charge in [-0.3, -0.25) is 4.79 Å². The Morgan fingerprint density at radius 2 is 2.14 bits per heavy atom. The van der Waals surface area contributed by atoms with Crippen molar-refractivity contribution in [2.75, 3.05) is 25.4 Å². The Labute approximate surface area is 139 Å². The van der Waals surface area contributed by atoms with Crippen molar-refractivity contribution in [1.82, 2.24) is 4.90 Å². The number of hydrogen-bond donors (Lipinski definition) is 1. The monoisotopic (exact) mass is 370 g/mol. The van der Waals surface area contributed by atoms with Gasteiger partial charge in [0.15, 0.2) is 0 Å². The van der Waals surface area contributed by atoms with Crippen LogP contribution in [0.2, 0.25) is 0 Å². The van der Waals surface area contributed by atoms with E-state index in [-0.39, 0.29) is 11.3 Å². The average Bonchev–Trinajstić information content (AvgIpc) is 2.84. The normalized spacial score (nSPS) is 21.9. The van der Waals surface area contributed by atoms with E-state index >= 15 is 0 Å². The molecule has 1 fully saturated rings. The molecule has 116 valence electrons. The fraction of sp³-hybridized carbons (Fsp3) is 0.562. The summed E-state index contributed by atoms with van der Waals surface area (Å²) in [5.74, 6) is 0.722. The predicted octanol–water partition coefficient (Wildman–Crippen LogP) is 3.36. The van der Waals surface area contributed by atoms with Crippen molar-refractivity contribution < 1.29 is 4.79 Å². The van der Waals surface area contributed by atoms with Crippen LogP contribution < -0.4 is 5.73 Å². The molecule has 1 aliphatic rings. The van der Waals surface area contributed by atoms with Gasteiger partial charge in [-0.2, -0.15) is 0 Å². The van der Waals surface area contributed by atoms with Crippen LogP contribution in [0.15, 0.2) is 21.5 Å². The lowest BCUT2D eigenvalue weighted by atomic mass is 9.90. The first-order chi connectivity index (χ1) is 9.84. The first-order valence-electron chi connectivity index (χ1n) is 7.22. The third kappa shape index (κ3) is 4.02. The number of thioether (sulfide) groups is 1. The molecule has 21 heavy (non-hydrogen) atoms. The van der Waals surface area contributed by atoms with Gasteiger partial charge < -0.3 is 10.6 Å². The second kappa shape index (κ2) is 6.71. The molecular formula is C16H23BrN2OS. The molecule has 2 rings (SSSR count). The van der Waals surface area contributed by atoms with Crippen molar-refractivity contribution in [2.45, 2.75) is 32.1 Å². The van der Waals surface area contributed by atoms with E-state index in [9.17, 15) is 4.79 Å². The largest absolute Gasteiger partial charge is 0.341 e. The van der Waals surface area contributed by atoms with Crippen LogP contribution in [0.5, 0.6) is 0 Å². The number of nitrogens with zero attached hydrogens (tertiary/aromatic N) is 1. The van der Waals surface area contributed by atoms with Gasteiger partial charge in [0.1, 0.15) is 0 Å². The van der Waals surface area contributed by atoms with Crippen LogP contribution in [0.4, 0.5) is 0 Å². The van der Waals surface area contributed by atoms with E-state index in [2.05, 4.69) is 48.8 Å². The van der Waals surface area contributed by atoms with Gasteiger partial charge in [0.25, 0.3) is 0 Å². The van der Waals surface area contributed by atoms with Gasteiger partial charge in [0, 0.05) is 22.5 Å². The van der Waals surface area contributed by atoms with Crippen LogP contribution in [0, 0.1) is 19.3 Å². The molecule has 1 amide bonds. The molecule has 1 saturated heterocycles. The van der Waals surface area contributed by atoms with Crippen molar-refractivity contribution in [1.29, 1.82) is 0 Å². The van der Waals surface area contributed by atoms with E-state index in [0.717, 1.165) is 24.0 Å². The lowest BCUT2D eigenvalue weighted by Gasteiger charge is -2.22. The summed E-state index contributed by atoms with van der Waals surface area (Å²) in [6, 6.07) is 4.26. The number of benzene rings is 1. The van der Waals surface area contributed by atoms with Crippen LogP contribution in [0.1, 0.15) is 24.5 Å². The first kappa shape index (κ1) is 16.8. The number of nitrogens with two attached hydrogens (primary N) is 1. The molecule has 5 heteroatoms. The van der Waals surface area contributed by atoms with E-state index < -0.39 is 0 Å². The molecule has 0 spiro atoms. The van der Waals surface area contributed by atoms with Crippen molar-refractivity contribution >= 4 is 33.6 Å². The molecule has 0 bridgehead atoms. The van der Waals surface area contributed by atoms with Crippen molar-refractivity contribution in [3.63, 3.8) is 0 Å². The molecule has 1 heterocycles. The molecule has 2 N–H and O–H groups in total. The molecule has 0 aliphatic carbocycles. The number of amides is 1. The summed E-state index contributed by atoms with van der Waals surface area (Å²) in [5.41, 5.74) is 8.31. The molecule has 0 aromatic heterocycles. The Morgan fingerprint density at radius 3 is 2.76 bits per heavy atom. The Hall–Kier alpha value is -0.520. The highest BCUT2D eigenvalue weighted by atomic mass is 79.9. The summed E-state index contributed by atoms with van der Waals surface area (Å²) in [7, 11) is 0. The number of carbonyl (C=O) groups is 1. The lowest BCUT2D eigenvalue weighted by Crippen LogP contribution is -2.35. The van der Waals surface area contributed by atoms with Gasteiger partial charge in [-0.05, 0) is 55.5 Å². The van der Waals surface area contributed by atoms with E-state index in [1.165, 1.54) is 16.0 Å². The van der Waals surface area contributed by atoms with E-state index in [0.29, 0.717) is 12.3 Å². The molecule has 1 aliphatic heterocycles. The highest BCUT2D eigenvalue weighted by Gasteiger charge is 2.34. The highest BCUT2D eigenvalue weighted by Crippen LogP contribution is 2.31. The molecule has 1 unspecified atom stereocenters. The Balaban J connectivity index is 1.95. The fourth-order valence-corrected chi connectivity index (χ4v) is 4.01. The van der Waals surface area contributed by atoms with Crippen molar-refractivity contribution in [2.24, 2.45) is 11.1 Å². The number of hydrogen-bond acceptors (Lipinski definition) is 3. The van der Waals surface area contributed by atoms with Crippen molar-refractivity contribution in [3.8, 4) is 0 Å². The maximum absolute atomic E-state index is 12.3. The molecular weight excluding hydrogens is 348 g/mol. The number of carbonyl (C=O) groups excluding carboxylic acids is 1.